The molecule has 0 bridgehead atoms. The summed E-state index contributed by atoms with van der Waals surface area (Å²) in [4.78, 5) is 2.21. The predicted molar refractivity (Wildman–Crippen MR) is 118 cm³/mol. The lowest BCUT2D eigenvalue weighted by atomic mass is 9.99. The van der Waals surface area contributed by atoms with Crippen molar-refractivity contribution < 1.29 is 8.42 Å². The molecule has 0 spiro atoms. The molecule has 3 aromatic carbocycles. The number of nitrogens with zero attached hydrogens (tertiary/aromatic N) is 2. The lowest BCUT2D eigenvalue weighted by Gasteiger charge is -2.29. The molecule has 0 radical (unpaired) electrons. The van der Waals surface area contributed by atoms with Crippen molar-refractivity contribution in [2.24, 2.45) is 0 Å². The van der Waals surface area contributed by atoms with E-state index in [9.17, 15) is 8.42 Å². The average molecular weight is 459 g/mol. The highest BCUT2D eigenvalue weighted by molar-refractivity contribution is 9.10. The van der Waals surface area contributed by atoms with Gasteiger partial charge in [-0.1, -0.05) is 64.5 Å². The Morgan fingerprint density at radius 3 is 1.93 bits per heavy atom. The summed E-state index contributed by atoms with van der Waals surface area (Å²) in [5.41, 5.74) is 2.75. The minimum Gasteiger partial charge on any atom is -0.378 e. The van der Waals surface area contributed by atoms with Gasteiger partial charge >= 0.3 is 0 Å². The van der Waals surface area contributed by atoms with Gasteiger partial charge in [-0.05, 0) is 41.5 Å². The van der Waals surface area contributed by atoms with Crippen LogP contribution in [0, 0.1) is 0 Å². The number of anilines is 1. The Bertz CT molecular complexity index is 1040. The maximum absolute atomic E-state index is 13.4. The molecule has 28 heavy (non-hydrogen) atoms. The molecule has 0 N–H and O–H groups in total. The molecule has 3 rings (SSSR count). The highest BCUT2D eigenvalue weighted by Gasteiger charge is 2.31. The summed E-state index contributed by atoms with van der Waals surface area (Å²) in [6.07, 6.45) is 0. The smallest absolute Gasteiger partial charge is 0.243 e. The molecule has 0 aliphatic carbocycles. The molecule has 3 aromatic rings. The van der Waals surface area contributed by atoms with Gasteiger partial charge in [0.05, 0.1) is 10.9 Å². The summed E-state index contributed by atoms with van der Waals surface area (Å²) in [7, 11) is 1.78. The van der Waals surface area contributed by atoms with E-state index in [1.165, 1.54) is 4.31 Å². The molecule has 0 saturated heterocycles. The second-order valence-corrected chi connectivity index (χ2v) is 9.60. The van der Waals surface area contributed by atoms with Crippen LogP contribution in [-0.4, -0.2) is 33.9 Å². The topological polar surface area (TPSA) is 40.6 Å². The normalized spacial score (nSPS) is 12.8. The van der Waals surface area contributed by atoms with E-state index in [1.807, 2.05) is 85.7 Å². The van der Waals surface area contributed by atoms with E-state index in [4.69, 9.17) is 0 Å². The van der Waals surface area contributed by atoms with E-state index in [2.05, 4.69) is 15.9 Å². The molecule has 6 heteroatoms. The van der Waals surface area contributed by atoms with Crippen molar-refractivity contribution in [3.8, 4) is 0 Å². The van der Waals surface area contributed by atoms with Crippen molar-refractivity contribution in [2.45, 2.75) is 10.9 Å². The lowest BCUT2D eigenvalue weighted by molar-refractivity contribution is 0.417. The fraction of sp³-hybridized carbons (Fsp3) is 0.182. The minimum absolute atomic E-state index is 0.272. The molecular weight excluding hydrogens is 436 g/mol. The van der Waals surface area contributed by atoms with Gasteiger partial charge in [-0.15, -0.1) is 0 Å². The van der Waals surface area contributed by atoms with Gasteiger partial charge < -0.3 is 4.90 Å². The van der Waals surface area contributed by atoms with Crippen LogP contribution in [0.15, 0.2) is 88.2 Å². The SMILES string of the molecule is CN(C)c1ccc(S(=O)(=O)N(C)C(c2ccccc2)c2ccccc2Br)cc1. The molecule has 0 aliphatic rings. The van der Waals surface area contributed by atoms with Crippen LogP contribution in [0.4, 0.5) is 5.69 Å². The van der Waals surface area contributed by atoms with Gasteiger partial charge in [0.1, 0.15) is 0 Å². The van der Waals surface area contributed by atoms with Gasteiger partial charge in [0.25, 0.3) is 0 Å². The predicted octanol–water partition coefficient (Wildman–Crippen LogP) is 4.93. The summed E-state index contributed by atoms with van der Waals surface area (Å²) in [6.45, 7) is 0. The van der Waals surface area contributed by atoms with Crippen LogP contribution in [-0.2, 0) is 10.0 Å². The van der Waals surface area contributed by atoms with Crippen molar-refractivity contribution in [2.75, 3.05) is 26.0 Å². The van der Waals surface area contributed by atoms with Gasteiger partial charge in [0.15, 0.2) is 0 Å². The molecule has 1 atom stereocenters. The number of hydrogen-bond donors (Lipinski definition) is 0. The molecular formula is C22H23BrN2O2S. The Kier molecular flexibility index (Phi) is 6.23. The fourth-order valence-electron chi connectivity index (χ4n) is 3.14. The van der Waals surface area contributed by atoms with Crippen molar-refractivity contribution >= 4 is 31.6 Å². The maximum atomic E-state index is 13.4. The molecule has 0 heterocycles. The number of sulfonamides is 1. The zero-order valence-electron chi connectivity index (χ0n) is 16.1. The third kappa shape index (κ3) is 4.14. The Labute approximate surface area is 175 Å². The molecule has 146 valence electrons. The van der Waals surface area contributed by atoms with Crippen LogP contribution in [0.2, 0.25) is 0 Å². The number of benzene rings is 3. The first-order valence-corrected chi connectivity index (χ1v) is 11.1. The van der Waals surface area contributed by atoms with Crippen LogP contribution >= 0.6 is 15.9 Å². The van der Waals surface area contributed by atoms with Crippen LogP contribution in [0.25, 0.3) is 0 Å². The standard InChI is InChI=1S/C22H23BrN2O2S/c1-24(2)18-13-15-19(16-14-18)28(26,27)25(3)22(17-9-5-4-6-10-17)20-11-7-8-12-21(20)23/h4-16,22H,1-3H3. The molecule has 0 amide bonds. The van der Waals surface area contributed by atoms with E-state index >= 15 is 0 Å². The van der Waals surface area contributed by atoms with Gasteiger partial charge in [0, 0.05) is 31.3 Å². The summed E-state index contributed by atoms with van der Waals surface area (Å²) in [5, 5.41) is 0. The van der Waals surface area contributed by atoms with Crippen molar-refractivity contribution in [3.05, 3.63) is 94.5 Å². The highest BCUT2D eigenvalue weighted by Crippen LogP contribution is 2.35. The van der Waals surface area contributed by atoms with Gasteiger partial charge in [-0.25, -0.2) is 8.42 Å². The number of hydrogen-bond acceptors (Lipinski definition) is 3. The van der Waals surface area contributed by atoms with Crippen LogP contribution in [0.3, 0.4) is 0 Å². The van der Waals surface area contributed by atoms with E-state index in [0.717, 1.165) is 21.3 Å². The van der Waals surface area contributed by atoms with Gasteiger partial charge in [-0.3, -0.25) is 0 Å². The summed E-state index contributed by atoms with van der Waals surface area (Å²) >= 11 is 3.58. The number of halogens is 1. The van der Waals surface area contributed by atoms with Gasteiger partial charge in [0.2, 0.25) is 10.0 Å². The van der Waals surface area contributed by atoms with Crippen molar-refractivity contribution in [1.82, 2.24) is 4.31 Å². The highest BCUT2D eigenvalue weighted by atomic mass is 79.9. The molecule has 0 fully saturated rings. The monoisotopic (exact) mass is 458 g/mol. The van der Waals surface area contributed by atoms with E-state index in [1.54, 1.807) is 19.2 Å². The largest absolute Gasteiger partial charge is 0.378 e. The molecule has 0 saturated carbocycles. The van der Waals surface area contributed by atoms with E-state index in [-0.39, 0.29) is 4.90 Å². The summed E-state index contributed by atoms with van der Waals surface area (Å²) in [6, 6.07) is 23.9. The second-order valence-electron chi connectivity index (χ2n) is 6.74. The summed E-state index contributed by atoms with van der Waals surface area (Å²) in [5.74, 6) is 0. The summed E-state index contributed by atoms with van der Waals surface area (Å²) < 4.78 is 29.1. The third-order valence-electron chi connectivity index (χ3n) is 4.71. The Morgan fingerprint density at radius 2 is 1.36 bits per heavy atom. The first-order valence-electron chi connectivity index (χ1n) is 8.87. The van der Waals surface area contributed by atoms with Gasteiger partial charge in [-0.2, -0.15) is 4.31 Å². The molecule has 1 unspecified atom stereocenters. The van der Waals surface area contributed by atoms with Crippen molar-refractivity contribution in [1.29, 1.82) is 0 Å². The van der Waals surface area contributed by atoms with Crippen LogP contribution < -0.4 is 4.90 Å². The first-order chi connectivity index (χ1) is 13.3. The fourth-order valence-corrected chi connectivity index (χ4v) is 4.97. The van der Waals surface area contributed by atoms with Crippen LogP contribution in [0.5, 0.6) is 0 Å². The van der Waals surface area contributed by atoms with Crippen molar-refractivity contribution in [3.63, 3.8) is 0 Å². The quantitative estimate of drug-likeness (QED) is 0.525. The van der Waals surface area contributed by atoms with E-state index < -0.39 is 16.1 Å². The number of rotatable bonds is 6. The molecule has 4 nitrogen and oxygen atoms in total. The second kappa shape index (κ2) is 8.47. The first kappa shape index (κ1) is 20.6. The zero-order chi connectivity index (χ0) is 20.3. The van der Waals surface area contributed by atoms with E-state index in [0.29, 0.717) is 0 Å². The van der Waals surface area contributed by atoms with Crippen LogP contribution in [0.1, 0.15) is 17.2 Å². The Morgan fingerprint density at radius 1 is 0.786 bits per heavy atom. The average Bonchev–Trinajstić information content (AvgIpc) is 2.70. The minimum atomic E-state index is -3.70. The lowest BCUT2D eigenvalue weighted by Crippen LogP contribution is -2.32. The third-order valence-corrected chi connectivity index (χ3v) is 7.27. The Hall–Kier alpha value is -2.15. The molecule has 0 aromatic heterocycles. The maximum Gasteiger partial charge on any atom is 0.243 e. The zero-order valence-corrected chi connectivity index (χ0v) is 18.5. The molecule has 0 aliphatic heterocycles. The Balaban J connectivity index is 2.08.